The second-order valence-electron chi connectivity index (χ2n) is 4.67. The van der Waals surface area contributed by atoms with Crippen LogP contribution in [0.5, 0.6) is 0 Å². The number of halogens is 3. The Morgan fingerprint density at radius 3 is 2.58 bits per heavy atom. The molecule has 0 spiro atoms. The molecule has 0 aromatic heterocycles. The van der Waals surface area contributed by atoms with Crippen LogP contribution in [0.15, 0.2) is 12.1 Å². The summed E-state index contributed by atoms with van der Waals surface area (Å²) in [6.07, 6.45) is 2.03. The molecule has 0 aliphatic carbocycles. The number of amides is 1. The van der Waals surface area contributed by atoms with E-state index < -0.39 is 17.5 Å². The number of piperidine rings is 1. The van der Waals surface area contributed by atoms with Crippen molar-refractivity contribution in [2.75, 3.05) is 18.4 Å². The van der Waals surface area contributed by atoms with Crippen molar-refractivity contribution < 1.29 is 18.0 Å². The molecule has 6 heteroatoms. The van der Waals surface area contributed by atoms with Crippen LogP contribution in [0.3, 0.4) is 0 Å². The summed E-state index contributed by atoms with van der Waals surface area (Å²) in [5.41, 5.74) is -0.321. The Bertz CT molecular complexity index is 473. The zero-order valence-electron chi connectivity index (χ0n) is 10.3. The second-order valence-corrected chi connectivity index (χ2v) is 4.67. The van der Waals surface area contributed by atoms with E-state index in [0.29, 0.717) is 0 Å². The van der Waals surface area contributed by atoms with Crippen LogP contribution >= 0.6 is 0 Å². The fourth-order valence-electron chi connectivity index (χ4n) is 2.17. The smallest absolute Gasteiger partial charge is 0.224 e. The molecule has 0 bridgehead atoms. The van der Waals surface area contributed by atoms with Gasteiger partial charge < -0.3 is 10.6 Å². The molecule has 1 heterocycles. The van der Waals surface area contributed by atoms with E-state index in [-0.39, 0.29) is 23.9 Å². The summed E-state index contributed by atoms with van der Waals surface area (Å²) < 4.78 is 39.1. The molecule has 1 aromatic carbocycles. The fourth-order valence-corrected chi connectivity index (χ4v) is 2.17. The summed E-state index contributed by atoms with van der Waals surface area (Å²) in [4.78, 5) is 11.7. The molecular weight excluding hydrogens is 257 g/mol. The Morgan fingerprint density at radius 1 is 1.21 bits per heavy atom. The van der Waals surface area contributed by atoms with Gasteiger partial charge in [0.05, 0.1) is 5.69 Å². The number of rotatable bonds is 3. The average Bonchev–Trinajstić information content (AvgIpc) is 2.41. The molecule has 1 aromatic rings. The molecule has 0 saturated carbocycles. The highest BCUT2D eigenvalue weighted by atomic mass is 19.2. The zero-order chi connectivity index (χ0) is 13.8. The maximum absolute atomic E-state index is 13.4. The molecule has 0 radical (unpaired) electrons. The number of carbonyl (C=O) groups excluding carboxylic acids is 1. The minimum atomic E-state index is -1.57. The van der Waals surface area contributed by atoms with Gasteiger partial charge in [-0.2, -0.15) is 0 Å². The number of nitrogens with one attached hydrogen (secondary N) is 2. The molecule has 2 rings (SSSR count). The molecule has 1 fully saturated rings. The molecule has 1 aliphatic rings. The van der Waals surface area contributed by atoms with Crippen molar-refractivity contribution in [1.29, 1.82) is 0 Å². The zero-order valence-corrected chi connectivity index (χ0v) is 10.3. The third-order valence-corrected chi connectivity index (χ3v) is 3.24. The van der Waals surface area contributed by atoms with E-state index in [1.807, 2.05) is 0 Å². The van der Waals surface area contributed by atoms with Crippen LogP contribution in [0.2, 0.25) is 0 Å². The van der Waals surface area contributed by atoms with Gasteiger partial charge in [-0.05, 0) is 44.0 Å². The minimum absolute atomic E-state index is 0.245. The van der Waals surface area contributed by atoms with Gasteiger partial charge in [0.2, 0.25) is 5.91 Å². The number of hydrogen-bond donors (Lipinski definition) is 2. The third-order valence-electron chi connectivity index (χ3n) is 3.24. The van der Waals surface area contributed by atoms with Crippen LogP contribution in [0.25, 0.3) is 0 Å². The lowest BCUT2D eigenvalue weighted by Crippen LogP contribution is -2.30. The molecule has 104 valence electrons. The highest BCUT2D eigenvalue weighted by molar-refractivity contribution is 5.91. The van der Waals surface area contributed by atoms with E-state index in [1.54, 1.807) is 0 Å². The first-order chi connectivity index (χ1) is 9.08. The van der Waals surface area contributed by atoms with Gasteiger partial charge >= 0.3 is 0 Å². The number of benzene rings is 1. The predicted molar refractivity (Wildman–Crippen MR) is 65.2 cm³/mol. The van der Waals surface area contributed by atoms with Crippen molar-refractivity contribution >= 4 is 11.6 Å². The van der Waals surface area contributed by atoms with Gasteiger partial charge in [-0.3, -0.25) is 4.79 Å². The first-order valence-electron chi connectivity index (χ1n) is 6.22. The van der Waals surface area contributed by atoms with Gasteiger partial charge in [-0.1, -0.05) is 0 Å². The Morgan fingerprint density at radius 2 is 1.89 bits per heavy atom. The first kappa shape index (κ1) is 13.9. The van der Waals surface area contributed by atoms with Crippen molar-refractivity contribution in [3.05, 3.63) is 29.6 Å². The van der Waals surface area contributed by atoms with Crippen molar-refractivity contribution in [2.45, 2.75) is 19.3 Å². The molecule has 2 N–H and O–H groups in total. The van der Waals surface area contributed by atoms with E-state index in [1.165, 1.54) is 0 Å². The highest BCUT2D eigenvalue weighted by Gasteiger charge is 2.19. The second kappa shape index (κ2) is 6.06. The van der Waals surface area contributed by atoms with Crippen molar-refractivity contribution in [2.24, 2.45) is 5.92 Å². The normalized spacial score (nSPS) is 16.4. The number of hydrogen-bond acceptors (Lipinski definition) is 2. The average molecular weight is 272 g/mol. The molecule has 1 aliphatic heterocycles. The summed E-state index contributed by atoms with van der Waals surface area (Å²) in [5.74, 6) is -4.33. The third kappa shape index (κ3) is 3.47. The van der Waals surface area contributed by atoms with Gasteiger partial charge in [0.25, 0.3) is 0 Å². The van der Waals surface area contributed by atoms with Gasteiger partial charge in [0.15, 0.2) is 17.5 Å². The van der Waals surface area contributed by atoms with Crippen LogP contribution in [0.1, 0.15) is 19.3 Å². The summed E-state index contributed by atoms with van der Waals surface area (Å²) in [7, 11) is 0. The fraction of sp³-hybridized carbons (Fsp3) is 0.462. The van der Waals surface area contributed by atoms with Crippen molar-refractivity contribution in [1.82, 2.24) is 5.32 Å². The summed E-state index contributed by atoms with van der Waals surface area (Å²) in [6.45, 7) is 1.72. The number of carbonyl (C=O) groups is 1. The molecule has 0 atom stereocenters. The standard InChI is InChI=1S/C13H15F3N2O/c14-9-1-2-10(13(16)12(9)15)18-11(19)7-8-3-5-17-6-4-8/h1-2,8,17H,3-7H2,(H,18,19). The van der Waals surface area contributed by atoms with Gasteiger partial charge in [0, 0.05) is 6.42 Å². The Kier molecular flexibility index (Phi) is 4.42. The summed E-state index contributed by atoms with van der Waals surface area (Å²) in [5, 5.41) is 5.46. The minimum Gasteiger partial charge on any atom is -0.323 e. The maximum atomic E-state index is 13.4. The Labute approximate surface area is 109 Å². The van der Waals surface area contributed by atoms with Gasteiger partial charge in [-0.25, -0.2) is 13.2 Å². The van der Waals surface area contributed by atoms with Gasteiger partial charge in [-0.15, -0.1) is 0 Å². The molecule has 0 unspecified atom stereocenters. The predicted octanol–water partition coefficient (Wildman–Crippen LogP) is 2.43. The van der Waals surface area contributed by atoms with Crippen LogP contribution in [-0.4, -0.2) is 19.0 Å². The lowest BCUT2D eigenvalue weighted by molar-refractivity contribution is -0.117. The lowest BCUT2D eigenvalue weighted by Gasteiger charge is -2.21. The van der Waals surface area contributed by atoms with E-state index in [9.17, 15) is 18.0 Å². The van der Waals surface area contributed by atoms with Crippen LogP contribution in [0, 0.1) is 23.4 Å². The quantitative estimate of drug-likeness (QED) is 0.830. The van der Waals surface area contributed by atoms with E-state index in [0.717, 1.165) is 38.1 Å². The van der Waals surface area contributed by atoms with Crippen LogP contribution in [-0.2, 0) is 4.79 Å². The molecular formula is C13H15F3N2O. The molecule has 3 nitrogen and oxygen atoms in total. The monoisotopic (exact) mass is 272 g/mol. The molecule has 1 amide bonds. The van der Waals surface area contributed by atoms with E-state index in [2.05, 4.69) is 10.6 Å². The lowest BCUT2D eigenvalue weighted by atomic mass is 9.94. The maximum Gasteiger partial charge on any atom is 0.224 e. The number of anilines is 1. The van der Waals surface area contributed by atoms with E-state index in [4.69, 9.17) is 0 Å². The first-order valence-corrected chi connectivity index (χ1v) is 6.22. The molecule has 1 saturated heterocycles. The van der Waals surface area contributed by atoms with Crippen LogP contribution in [0.4, 0.5) is 18.9 Å². The van der Waals surface area contributed by atoms with Crippen molar-refractivity contribution in [3.63, 3.8) is 0 Å². The SMILES string of the molecule is O=C(CC1CCNCC1)Nc1ccc(F)c(F)c1F. The Hall–Kier alpha value is -1.56. The van der Waals surface area contributed by atoms with Gasteiger partial charge in [0.1, 0.15) is 0 Å². The molecule has 19 heavy (non-hydrogen) atoms. The van der Waals surface area contributed by atoms with Crippen molar-refractivity contribution in [3.8, 4) is 0 Å². The summed E-state index contributed by atoms with van der Waals surface area (Å²) >= 11 is 0. The van der Waals surface area contributed by atoms with Crippen LogP contribution < -0.4 is 10.6 Å². The highest BCUT2D eigenvalue weighted by Crippen LogP contribution is 2.21. The largest absolute Gasteiger partial charge is 0.323 e. The summed E-state index contributed by atoms with van der Waals surface area (Å²) in [6, 6.07) is 1.81. The Balaban J connectivity index is 1.97. The van der Waals surface area contributed by atoms with E-state index >= 15 is 0 Å². The topological polar surface area (TPSA) is 41.1 Å².